The van der Waals surface area contributed by atoms with E-state index in [2.05, 4.69) is 5.32 Å². The van der Waals surface area contributed by atoms with Crippen LogP contribution in [0, 0.1) is 0 Å². The van der Waals surface area contributed by atoms with Crippen molar-refractivity contribution >= 4 is 11.6 Å². The molecule has 0 radical (unpaired) electrons. The molecular formula is C18H25NO4. The van der Waals surface area contributed by atoms with Crippen molar-refractivity contribution in [1.29, 1.82) is 0 Å². The van der Waals surface area contributed by atoms with E-state index >= 15 is 0 Å². The summed E-state index contributed by atoms with van der Waals surface area (Å²) >= 11 is 0. The Morgan fingerprint density at radius 2 is 2.30 bits per heavy atom. The predicted octanol–water partition coefficient (Wildman–Crippen LogP) is 3.27. The minimum absolute atomic E-state index is 0.0117. The van der Waals surface area contributed by atoms with Gasteiger partial charge in [-0.05, 0) is 50.1 Å². The molecule has 1 saturated heterocycles. The SMILES string of the molecule is [2H]C1CCCOC1OC([2H])([2H])CCCOc1ccc2c(c1)NC(=O)CC2. The molecule has 0 saturated carbocycles. The standard InChI is InChI=1S/C18H25NO4/c20-17-9-7-14-6-8-15(13-16(14)19-17)21-10-3-4-12-23-18-5-1-2-11-22-18/h6,8,13,18H,1-5,7,9-12H2,(H,19,20)/i5D,12D2. The summed E-state index contributed by atoms with van der Waals surface area (Å²) in [5.41, 5.74) is 1.88. The van der Waals surface area contributed by atoms with E-state index in [1.165, 1.54) is 0 Å². The van der Waals surface area contributed by atoms with Gasteiger partial charge in [-0.15, -0.1) is 0 Å². The maximum atomic E-state index is 11.5. The fraction of sp³-hybridized carbons (Fsp3) is 0.611. The molecule has 23 heavy (non-hydrogen) atoms. The molecule has 1 amide bonds. The number of amides is 1. The predicted molar refractivity (Wildman–Crippen MR) is 87.7 cm³/mol. The van der Waals surface area contributed by atoms with E-state index in [4.69, 9.17) is 18.3 Å². The lowest BCUT2D eigenvalue weighted by Gasteiger charge is -2.22. The number of rotatable bonds is 7. The summed E-state index contributed by atoms with van der Waals surface area (Å²) in [5.74, 6) is 0.659. The quantitative estimate of drug-likeness (QED) is 0.783. The molecule has 0 aliphatic carbocycles. The Bertz CT molecular complexity index is 641. The number of hydrogen-bond donors (Lipinski definition) is 1. The van der Waals surface area contributed by atoms with Crippen molar-refractivity contribution in [3.8, 4) is 5.75 Å². The third-order valence-electron chi connectivity index (χ3n) is 3.86. The van der Waals surface area contributed by atoms with Crippen molar-refractivity contribution in [2.75, 3.05) is 25.1 Å². The van der Waals surface area contributed by atoms with Gasteiger partial charge in [0.05, 0.1) is 9.35 Å². The van der Waals surface area contributed by atoms with Crippen LogP contribution < -0.4 is 10.1 Å². The molecule has 2 atom stereocenters. The fourth-order valence-corrected chi connectivity index (χ4v) is 2.60. The molecule has 1 fully saturated rings. The van der Waals surface area contributed by atoms with Crippen LogP contribution in [0.4, 0.5) is 5.69 Å². The Kier molecular flexibility index (Phi) is 4.62. The van der Waals surface area contributed by atoms with E-state index in [1.54, 1.807) is 6.07 Å². The Hall–Kier alpha value is -1.59. The zero-order valence-electron chi connectivity index (χ0n) is 16.2. The molecule has 3 rings (SSSR count). The molecule has 5 nitrogen and oxygen atoms in total. The van der Waals surface area contributed by atoms with E-state index < -0.39 is 19.2 Å². The minimum Gasteiger partial charge on any atom is -0.494 e. The van der Waals surface area contributed by atoms with Crippen LogP contribution in [-0.4, -0.2) is 32.0 Å². The number of nitrogens with one attached hydrogen (secondary N) is 1. The third-order valence-corrected chi connectivity index (χ3v) is 3.86. The highest BCUT2D eigenvalue weighted by Crippen LogP contribution is 2.27. The van der Waals surface area contributed by atoms with Crippen LogP contribution in [0.15, 0.2) is 18.2 Å². The first-order chi connectivity index (χ1) is 12.4. The maximum Gasteiger partial charge on any atom is 0.224 e. The minimum atomic E-state index is -1.85. The summed E-state index contributed by atoms with van der Waals surface area (Å²) in [7, 11) is 0. The Morgan fingerprint density at radius 1 is 1.35 bits per heavy atom. The Labute approximate surface area is 141 Å². The molecule has 0 aromatic heterocycles. The van der Waals surface area contributed by atoms with Crippen LogP contribution in [0.5, 0.6) is 5.75 Å². The molecule has 2 aliphatic heterocycles. The number of aryl methyl sites for hydroxylation is 1. The number of carbonyl (C=O) groups is 1. The van der Waals surface area contributed by atoms with Crippen LogP contribution in [0.2, 0.25) is 0 Å². The van der Waals surface area contributed by atoms with Gasteiger partial charge in [-0.2, -0.15) is 0 Å². The summed E-state index contributed by atoms with van der Waals surface area (Å²) in [5, 5.41) is 2.83. The fourth-order valence-electron chi connectivity index (χ4n) is 2.60. The van der Waals surface area contributed by atoms with E-state index in [0.29, 0.717) is 38.2 Å². The van der Waals surface area contributed by atoms with Crippen LogP contribution in [0.1, 0.15) is 48.2 Å². The lowest BCUT2D eigenvalue weighted by Crippen LogP contribution is -2.22. The summed E-state index contributed by atoms with van der Waals surface area (Å²) < 4.78 is 40.1. The number of benzene rings is 1. The van der Waals surface area contributed by atoms with Crippen LogP contribution >= 0.6 is 0 Å². The van der Waals surface area contributed by atoms with Crippen LogP contribution in [0.3, 0.4) is 0 Å². The first-order valence-electron chi connectivity index (χ1n) is 9.78. The number of carbonyl (C=O) groups excluding carboxylic acids is 1. The molecule has 2 heterocycles. The van der Waals surface area contributed by atoms with Gasteiger partial charge >= 0.3 is 0 Å². The average Bonchev–Trinajstić information content (AvgIpc) is 2.60. The van der Waals surface area contributed by atoms with Crippen molar-refractivity contribution in [2.24, 2.45) is 0 Å². The highest BCUT2D eigenvalue weighted by molar-refractivity contribution is 5.94. The number of ether oxygens (including phenoxy) is 3. The van der Waals surface area contributed by atoms with Crippen molar-refractivity contribution < 1.29 is 23.1 Å². The van der Waals surface area contributed by atoms with E-state index in [-0.39, 0.29) is 12.3 Å². The topological polar surface area (TPSA) is 56.8 Å². The molecule has 1 aromatic carbocycles. The van der Waals surface area contributed by atoms with Crippen molar-refractivity contribution in [3.05, 3.63) is 23.8 Å². The first kappa shape index (κ1) is 12.8. The lowest BCUT2D eigenvalue weighted by atomic mass is 10.0. The lowest BCUT2D eigenvalue weighted by molar-refractivity contribution is -0.162. The van der Waals surface area contributed by atoms with Gasteiger partial charge < -0.3 is 19.5 Å². The van der Waals surface area contributed by atoms with Crippen molar-refractivity contribution in [3.63, 3.8) is 0 Å². The second-order valence-electron chi connectivity index (χ2n) is 5.70. The van der Waals surface area contributed by atoms with Crippen molar-refractivity contribution in [2.45, 2.75) is 51.2 Å². The molecule has 126 valence electrons. The average molecular weight is 322 g/mol. The number of hydrogen-bond acceptors (Lipinski definition) is 4. The van der Waals surface area contributed by atoms with Gasteiger partial charge in [-0.3, -0.25) is 4.79 Å². The van der Waals surface area contributed by atoms with E-state index in [9.17, 15) is 4.79 Å². The zero-order chi connectivity index (χ0) is 18.6. The largest absolute Gasteiger partial charge is 0.494 e. The molecule has 1 aromatic rings. The summed E-state index contributed by atoms with van der Waals surface area (Å²) in [6, 6.07) is 5.61. The van der Waals surface area contributed by atoms with Gasteiger partial charge in [0.15, 0.2) is 6.29 Å². The van der Waals surface area contributed by atoms with Gasteiger partial charge in [0.25, 0.3) is 0 Å². The van der Waals surface area contributed by atoms with Crippen LogP contribution in [-0.2, 0) is 20.7 Å². The van der Waals surface area contributed by atoms with Gasteiger partial charge in [0.2, 0.25) is 5.91 Å². The van der Waals surface area contributed by atoms with Gasteiger partial charge in [0, 0.05) is 32.7 Å². The molecule has 1 N–H and O–H groups in total. The second kappa shape index (κ2) is 8.31. The van der Waals surface area contributed by atoms with Gasteiger partial charge in [0.1, 0.15) is 5.75 Å². The summed E-state index contributed by atoms with van der Waals surface area (Å²) in [6.45, 7) is -1.01. The third kappa shape index (κ3) is 4.94. The van der Waals surface area contributed by atoms with Gasteiger partial charge in [-0.1, -0.05) is 6.07 Å². The molecule has 2 aliphatic rings. The molecular weight excluding hydrogens is 294 g/mol. The smallest absolute Gasteiger partial charge is 0.224 e. The molecule has 5 heteroatoms. The van der Waals surface area contributed by atoms with Crippen molar-refractivity contribution in [1.82, 2.24) is 0 Å². The first-order valence-corrected chi connectivity index (χ1v) is 8.20. The van der Waals surface area contributed by atoms with Gasteiger partial charge in [-0.25, -0.2) is 0 Å². The normalized spacial score (nSPS) is 26.4. The highest BCUT2D eigenvalue weighted by Gasteiger charge is 2.15. The van der Waals surface area contributed by atoms with E-state index in [1.807, 2.05) is 12.1 Å². The highest BCUT2D eigenvalue weighted by atomic mass is 16.7. The van der Waals surface area contributed by atoms with E-state index in [0.717, 1.165) is 24.1 Å². The van der Waals surface area contributed by atoms with Crippen LogP contribution in [0.25, 0.3) is 0 Å². The number of fused-ring (bicyclic) bond motifs is 1. The Morgan fingerprint density at radius 3 is 3.22 bits per heavy atom. The summed E-state index contributed by atoms with van der Waals surface area (Å²) in [4.78, 5) is 11.5. The summed E-state index contributed by atoms with van der Waals surface area (Å²) in [6.07, 6.45) is 1.99. The number of anilines is 1. The zero-order valence-corrected chi connectivity index (χ0v) is 13.2. The Balaban J connectivity index is 1.43. The monoisotopic (exact) mass is 322 g/mol. The molecule has 0 spiro atoms. The second-order valence-corrected chi connectivity index (χ2v) is 5.70. The molecule has 0 bridgehead atoms. The molecule has 2 unspecified atom stereocenters. The maximum absolute atomic E-state index is 11.5.